The Kier molecular flexibility index (Phi) is 6.46. The quantitative estimate of drug-likeness (QED) is 0.536. The van der Waals surface area contributed by atoms with Gasteiger partial charge in [-0.15, -0.1) is 0 Å². The summed E-state index contributed by atoms with van der Waals surface area (Å²) in [4.78, 5) is 12.4. The molecule has 2 rings (SSSR count). The largest absolute Gasteiger partial charge is 0.493 e. The first-order chi connectivity index (χ1) is 12.1. The Morgan fingerprint density at radius 1 is 0.960 bits per heavy atom. The highest BCUT2D eigenvalue weighted by Crippen LogP contribution is 2.32. The number of allylic oxidation sites excluding steroid dienone is 1. The van der Waals surface area contributed by atoms with Crippen molar-refractivity contribution < 1.29 is 23.7 Å². The summed E-state index contributed by atoms with van der Waals surface area (Å²) in [6, 6.07) is 10.6. The second-order valence-corrected chi connectivity index (χ2v) is 5.08. The van der Waals surface area contributed by atoms with E-state index in [-0.39, 0.29) is 5.78 Å². The third kappa shape index (κ3) is 4.32. The molecule has 0 unspecified atom stereocenters. The van der Waals surface area contributed by atoms with Crippen molar-refractivity contribution in [3.8, 4) is 23.0 Å². The van der Waals surface area contributed by atoms with Gasteiger partial charge in [-0.3, -0.25) is 4.79 Å². The number of rotatable bonds is 8. The standard InChI is InChI=1S/C20H22O5/c1-5-25-18-8-6-7-14(20(18)24-4)9-11-16(21)15-10-12-17(22-2)19(13-15)23-3/h6-13H,5H2,1-4H3/b11-9+. The van der Waals surface area contributed by atoms with Crippen molar-refractivity contribution in [2.45, 2.75) is 6.92 Å². The number of carbonyl (C=O) groups is 1. The van der Waals surface area contributed by atoms with Crippen molar-refractivity contribution in [3.05, 3.63) is 53.6 Å². The average molecular weight is 342 g/mol. The number of methoxy groups -OCH3 is 3. The molecule has 0 radical (unpaired) electrons. The molecule has 0 fully saturated rings. The van der Waals surface area contributed by atoms with E-state index < -0.39 is 0 Å². The number of carbonyl (C=O) groups excluding carboxylic acids is 1. The second-order valence-electron chi connectivity index (χ2n) is 5.08. The van der Waals surface area contributed by atoms with Gasteiger partial charge in [0.15, 0.2) is 28.8 Å². The van der Waals surface area contributed by atoms with Crippen molar-refractivity contribution >= 4 is 11.9 Å². The molecule has 5 nitrogen and oxygen atoms in total. The molecule has 0 spiro atoms. The molecular formula is C20H22O5. The summed E-state index contributed by atoms with van der Waals surface area (Å²) in [5.41, 5.74) is 1.27. The van der Waals surface area contributed by atoms with Crippen LogP contribution in [0.15, 0.2) is 42.5 Å². The van der Waals surface area contributed by atoms with Gasteiger partial charge in [0.25, 0.3) is 0 Å². The zero-order valence-electron chi connectivity index (χ0n) is 14.9. The maximum atomic E-state index is 12.4. The van der Waals surface area contributed by atoms with Crippen LogP contribution in [-0.2, 0) is 0 Å². The molecule has 132 valence electrons. The normalized spacial score (nSPS) is 10.6. The van der Waals surface area contributed by atoms with Crippen LogP contribution in [0.1, 0.15) is 22.8 Å². The van der Waals surface area contributed by atoms with Crippen molar-refractivity contribution in [1.29, 1.82) is 0 Å². The summed E-state index contributed by atoms with van der Waals surface area (Å²) >= 11 is 0. The molecule has 25 heavy (non-hydrogen) atoms. The Labute approximate surface area is 147 Å². The van der Waals surface area contributed by atoms with Crippen LogP contribution in [0.2, 0.25) is 0 Å². The minimum atomic E-state index is -0.148. The summed E-state index contributed by atoms with van der Waals surface area (Å²) in [6.45, 7) is 2.44. The molecular weight excluding hydrogens is 320 g/mol. The Hall–Kier alpha value is -2.95. The van der Waals surface area contributed by atoms with Crippen LogP contribution in [0, 0.1) is 0 Å². The molecule has 0 aliphatic carbocycles. The van der Waals surface area contributed by atoms with Gasteiger partial charge in [0.1, 0.15) is 0 Å². The molecule has 0 N–H and O–H groups in total. The molecule has 0 heterocycles. The lowest BCUT2D eigenvalue weighted by molar-refractivity contribution is 0.104. The van der Waals surface area contributed by atoms with Gasteiger partial charge in [0.2, 0.25) is 0 Å². The van der Waals surface area contributed by atoms with Crippen LogP contribution in [-0.4, -0.2) is 33.7 Å². The minimum Gasteiger partial charge on any atom is -0.493 e. The van der Waals surface area contributed by atoms with E-state index in [4.69, 9.17) is 18.9 Å². The van der Waals surface area contributed by atoms with E-state index >= 15 is 0 Å². The van der Waals surface area contributed by atoms with Gasteiger partial charge in [-0.25, -0.2) is 0 Å². The summed E-state index contributed by atoms with van der Waals surface area (Å²) in [6.07, 6.45) is 3.20. The Balaban J connectivity index is 2.27. The number of para-hydroxylation sites is 1. The fourth-order valence-electron chi connectivity index (χ4n) is 2.40. The van der Waals surface area contributed by atoms with Gasteiger partial charge in [0.05, 0.1) is 27.9 Å². The van der Waals surface area contributed by atoms with Gasteiger partial charge in [-0.1, -0.05) is 12.1 Å². The molecule has 0 amide bonds. The van der Waals surface area contributed by atoms with Gasteiger partial charge in [-0.05, 0) is 43.3 Å². The maximum absolute atomic E-state index is 12.4. The van der Waals surface area contributed by atoms with Crippen LogP contribution >= 0.6 is 0 Å². The minimum absolute atomic E-state index is 0.148. The number of benzene rings is 2. The van der Waals surface area contributed by atoms with E-state index in [2.05, 4.69) is 0 Å². The van der Waals surface area contributed by atoms with Gasteiger partial charge in [-0.2, -0.15) is 0 Å². The summed E-state index contributed by atoms with van der Waals surface area (Å²) in [5.74, 6) is 2.18. The van der Waals surface area contributed by atoms with E-state index in [1.54, 1.807) is 38.5 Å². The molecule has 2 aromatic rings. The Morgan fingerprint density at radius 3 is 2.36 bits per heavy atom. The van der Waals surface area contributed by atoms with Crippen molar-refractivity contribution in [3.63, 3.8) is 0 Å². The number of hydrogen-bond donors (Lipinski definition) is 0. The zero-order valence-corrected chi connectivity index (χ0v) is 14.9. The molecule has 0 saturated carbocycles. The first kappa shape index (κ1) is 18.4. The van der Waals surface area contributed by atoms with E-state index in [1.165, 1.54) is 13.2 Å². The summed E-state index contributed by atoms with van der Waals surface area (Å²) in [7, 11) is 4.66. The smallest absolute Gasteiger partial charge is 0.185 e. The van der Waals surface area contributed by atoms with Crippen molar-refractivity contribution in [1.82, 2.24) is 0 Å². The number of ketones is 1. The third-order valence-corrected chi connectivity index (χ3v) is 3.60. The van der Waals surface area contributed by atoms with E-state index in [1.807, 2.05) is 25.1 Å². The highest BCUT2D eigenvalue weighted by molar-refractivity contribution is 6.07. The van der Waals surface area contributed by atoms with Crippen LogP contribution < -0.4 is 18.9 Å². The second kappa shape index (κ2) is 8.78. The first-order valence-electron chi connectivity index (χ1n) is 7.88. The predicted molar refractivity (Wildman–Crippen MR) is 97.1 cm³/mol. The monoisotopic (exact) mass is 342 g/mol. The van der Waals surface area contributed by atoms with Gasteiger partial charge in [0, 0.05) is 11.1 Å². The van der Waals surface area contributed by atoms with Gasteiger partial charge >= 0.3 is 0 Å². The lowest BCUT2D eigenvalue weighted by atomic mass is 10.1. The van der Waals surface area contributed by atoms with Crippen molar-refractivity contribution in [2.24, 2.45) is 0 Å². The molecule has 0 aromatic heterocycles. The SMILES string of the molecule is CCOc1cccc(/C=C/C(=O)c2ccc(OC)c(OC)c2)c1OC. The zero-order chi connectivity index (χ0) is 18.2. The van der Waals surface area contributed by atoms with E-state index in [0.29, 0.717) is 35.2 Å². The summed E-state index contributed by atoms with van der Waals surface area (Å²) in [5, 5.41) is 0. The third-order valence-electron chi connectivity index (χ3n) is 3.60. The molecule has 5 heteroatoms. The fraction of sp³-hybridized carbons (Fsp3) is 0.250. The number of ether oxygens (including phenoxy) is 4. The molecule has 0 saturated heterocycles. The van der Waals surface area contributed by atoms with Crippen LogP contribution in [0.5, 0.6) is 23.0 Å². The molecule has 0 bridgehead atoms. The van der Waals surface area contributed by atoms with Crippen molar-refractivity contribution in [2.75, 3.05) is 27.9 Å². The highest BCUT2D eigenvalue weighted by Gasteiger charge is 2.10. The molecule has 0 aliphatic heterocycles. The van der Waals surface area contributed by atoms with Gasteiger partial charge < -0.3 is 18.9 Å². The fourth-order valence-corrected chi connectivity index (χ4v) is 2.40. The molecule has 2 aromatic carbocycles. The molecule has 0 aliphatic rings. The molecule has 0 atom stereocenters. The number of hydrogen-bond acceptors (Lipinski definition) is 5. The Morgan fingerprint density at radius 2 is 1.72 bits per heavy atom. The average Bonchev–Trinajstić information content (AvgIpc) is 2.65. The van der Waals surface area contributed by atoms with E-state index in [0.717, 1.165) is 5.56 Å². The van der Waals surface area contributed by atoms with Crippen LogP contribution in [0.25, 0.3) is 6.08 Å². The summed E-state index contributed by atoms with van der Waals surface area (Å²) < 4.78 is 21.4. The van der Waals surface area contributed by atoms with Crippen LogP contribution in [0.4, 0.5) is 0 Å². The van der Waals surface area contributed by atoms with E-state index in [9.17, 15) is 4.79 Å². The van der Waals surface area contributed by atoms with Crippen LogP contribution in [0.3, 0.4) is 0 Å². The first-order valence-corrected chi connectivity index (χ1v) is 7.88. The Bertz CT molecular complexity index is 765. The lowest BCUT2D eigenvalue weighted by Crippen LogP contribution is -1.98. The lowest BCUT2D eigenvalue weighted by Gasteiger charge is -2.11. The maximum Gasteiger partial charge on any atom is 0.185 e. The topological polar surface area (TPSA) is 54.0 Å². The predicted octanol–water partition coefficient (Wildman–Crippen LogP) is 4.01. The highest BCUT2D eigenvalue weighted by atomic mass is 16.5.